The Balaban J connectivity index is 1.97. The third-order valence-corrected chi connectivity index (χ3v) is 3.35. The summed E-state index contributed by atoms with van der Waals surface area (Å²) in [5, 5.41) is 7.40. The molecule has 1 N–H and O–H groups in total. The van der Waals surface area contributed by atoms with Crippen molar-refractivity contribution in [3.63, 3.8) is 0 Å². The first-order valence-corrected chi connectivity index (χ1v) is 6.40. The highest BCUT2D eigenvalue weighted by Gasteiger charge is 2.14. The van der Waals surface area contributed by atoms with Crippen LogP contribution in [0.4, 0.5) is 5.69 Å². The summed E-state index contributed by atoms with van der Waals surface area (Å²) in [6.45, 7) is 1.82. The monoisotopic (exact) mass is 286 g/mol. The first-order valence-electron chi connectivity index (χ1n) is 6.02. The minimum Gasteiger partial charge on any atom is -0.321 e. The number of amides is 1. The van der Waals surface area contributed by atoms with Crippen molar-refractivity contribution in [3.8, 4) is 0 Å². The van der Waals surface area contributed by atoms with Gasteiger partial charge in [-0.15, -0.1) is 0 Å². The summed E-state index contributed by atoms with van der Waals surface area (Å²) in [5.41, 5.74) is 2.46. The third-order valence-electron chi connectivity index (χ3n) is 3.02. The van der Waals surface area contributed by atoms with Gasteiger partial charge in [0.2, 0.25) is 0 Å². The molecule has 5 nitrogen and oxygen atoms in total. The number of aryl methyl sites for hydroxylation is 1. The van der Waals surface area contributed by atoms with Crippen molar-refractivity contribution >= 4 is 28.8 Å². The highest BCUT2D eigenvalue weighted by atomic mass is 35.5. The lowest BCUT2D eigenvalue weighted by Gasteiger charge is -2.09. The fourth-order valence-corrected chi connectivity index (χ4v) is 2.15. The molecule has 0 unspecified atom stereocenters. The zero-order valence-electron chi connectivity index (χ0n) is 10.7. The zero-order chi connectivity index (χ0) is 14.1. The molecular formula is C14H11ClN4O. The summed E-state index contributed by atoms with van der Waals surface area (Å²) in [6.07, 6.45) is 3.18. The van der Waals surface area contributed by atoms with Gasteiger partial charge in [-0.05, 0) is 19.1 Å². The normalized spacial score (nSPS) is 10.7. The maximum absolute atomic E-state index is 12.3. The van der Waals surface area contributed by atoms with Gasteiger partial charge in [-0.25, -0.2) is 9.50 Å². The highest BCUT2D eigenvalue weighted by Crippen LogP contribution is 2.21. The lowest BCUT2D eigenvalue weighted by atomic mass is 10.2. The second-order valence-corrected chi connectivity index (χ2v) is 4.70. The van der Waals surface area contributed by atoms with E-state index in [0.717, 1.165) is 5.69 Å². The summed E-state index contributed by atoms with van der Waals surface area (Å²) < 4.78 is 1.63. The van der Waals surface area contributed by atoms with E-state index in [1.165, 1.54) is 0 Å². The second-order valence-electron chi connectivity index (χ2n) is 4.29. The molecule has 0 bridgehead atoms. The summed E-state index contributed by atoms with van der Waals surface area (Å²) in [7, 11) is 0. The van der Waals surface area contributed by atoms with Gasteiger partial charge in [0.1, 0.15) is 0 Å². The first kappa shape index (κ1) is 12.6. The lowest BCUT2D eigenvalue weighted by Crippen LogP contribution is -2.16. The molecule has 100 valence electrons. The van der Waals surface area contributed by atoms with Crippen LogP contribution in [-0.2, 0) is 0 Å². The molecule has 6 heteroatoms. The summed E-state index contributed by atoms with van der Waals surface area (Å²) >= 11 is 6.03. The summed E-state index contributed by atoms with van der Waals surface area (Å²) in [4.78, 5) is 16.5. The van der Waals surface area contributed by atoms with Crippen molar-refractivity contribution < 1.29 is 4.79 Å². The quantitative estimate of drug-likeness (QED) is 0.788. The SMILES string of the molecule is Cc1c(C(=O)Nc2ccccc2Cl)cnc2ccnn12. The molecule has 0 aliphatic carbocycles. The Morgan fingerprint density at radius 3 is 2.90 bits per heavy atom. The molecule has 0 aliphatic rings. The van der Waals surface area contributed by atoms with Crippen LogP contribution in [0.3, 0.4) is 0 Å². The van der Waals surface area contributed by atoms with Crippen LogP contribution in [0.2, 0.25) is 5.02 Å². The van der Waals surface area contributed by atoms with Crippen LogP contribution < -0.4 is 5.32 Å². The Hall–Kier alpha value is -2.40. The fraction of sp³-hybridized carbons (Fsp3) is 0.0714. The number of carbonyl (C=O) groups is 1. The molecule has 1 aromatic carbocycles. The van der Waals surface area contributed by atoms with Crippen molar-refractivity contribution in [1.82, 2.24) is 14.6 Å². The molecule has 0 fully saturated rings. The number of rotatable bonds is 2. The molecule has 0 atom stereocenters. The molecule has 3 rings (SSSR count). The van der Waals surface area contributed by atoms with E-state index in [9.17, 15) is 4.79 Å². The number of anilines is 1. The Morgan fingerprint density at radius 2 is 2.10 bits per heavy atom. The van der Waals surface area contributed by atoms with Gasteiger partial charge < -0.3 is 5.32 Å². The van der Waals surface area contributed by atoms with Gasteiger partial charge in [-0.3, -0.25) is 4.79 Å². The van der Waals surface area contributed by atoms with Gasteiger partial charge in [0.05, 0.1) is 28.2 Å². The van der Waals surface area contributed by atoms with Crippen LogP contribution in [-0.4, -0.2) is 20.5 Å². The zero-order valence-corrected chi connectivity index (χ0v) is 11.4. The molecule has 1 amide bonds. The van der Waals surface area contributed by atoms with Crippen LogP contribution in [0, 0.1) is 6.92 Å². The van der Waals surface area contributed by atoms with Crippen LogP contribution in [0.25, 0.3) is 5.65 Å². The van der Waals surface area contributed by atoms with E-state index < -0.39 is 0 Å². The molecule has 20 heavy (non-hydrogen) atoms. The summed E-state index contributed by atoms with van der Waals surface area (Å²) in [6, 6.07) is 8.86. The van der Waals surface area contributed by atoms with E-state index in [1.807, 2.05) is 13.0 Å². The van der Waals surface area contributed by atoms with Crippen LogP contribution in [0.15, 0.2) is 42.7 Å². The number of nitrogens with zero attached hydrogens (tertiary/aromatic N) is 3. The fourth-order valence-electron chi connectivity index (χ4n) is 1.97. The summed E-state index contributed by atoms with van der Waals surface area (Å²) in [5.74, 6) is -0.263. The van der Waals surface area contributed by atoms with Crippen LogP contribution >= 0.6 is 11.6 Å². The number of hydrogen-bond acceptors (Lipinski definition) is 3. The van der Waals surface area contributed by atoms with Crippen molar-refractivity contribution in [2.45, 2.75) is 6.92 Å². The lowest BCUT2D eigenvalue weighted by molar-refractivity contribution is 0.102. The number of carbonyl (C=O) groups excluding carboxylic acids is 1. The highest BCUT2D eigenvalue weighted by molar-refractivity contribution is 6.33. The van der Waals surface area contributed by atoms with Gasteiger partial charge in [0.25, 0.3) is 5.91 Å². The number of benzene rings is 1. The van der Waals surface area contributed by atoms with E-state index in [4.69, 9.17) is 11.6 Å². The largest absolute Gasteiger partial charge is 0.321 e. The molecule has 0 aliphatic heterocycles. The number of aromatic nitrogens is 3. The molecule has 0 radical (unpaired) electrons. The van der Waals surface area contributed by atoms with Gasteiger partial charge in [-0.1, -0.05) is 23.7 Å². The molecular weight excluding hydrogens is 276 g/mol. The average Bonchev–Trinajstić information content (AvgIpc) is 2.91. The first-order chi connectivity index (χ1) is 9.66. The minimum absolute atomic E-state index is 0.263. The Bertz CT molecular complexity index is 797. The van der Waals surface area contributed by atoms with Crippen LogP contribution in [0.1, 0.15) is 16.1 Å². The van der Waals surface area contributed by atoms with E-state index in [0.29, 0.717) is 21.9 Å². The smallest absolute Gasteiger partial charge is 0.259 e. The second kappa shape index (κ2) is 4.94. The molecule has 2 heterocycles. The maximum Gasteiger partial charge on any atom is 0.259 e. The van der Waals surface area contributed by atoms with E-state index in [2.05, 4.69) is 15.4 Å². The van der Waals surface area contributed by atoms with E-state index in [-0.39, 0.29) is 5.91 Å². The predicted octanol–water partition coefficient (Wildman–Crippen LogP) is 2.94. The van der Waals surface area contributed by atoms with Crippen molar-refractivity contribution in [2.24, 2.45) is 0 Å². The number of fused-ring (bicyclic) bond motifs is 1. The number of nitrogens with one attached hydrogen (secondary N) is 1. The average molecular weight is 287 g/mol. The number of halogens is 1. The third kappa shape index (κ3) is 2.12. The molecule has 3 aromatic rings. The Kier molecular flexibility index (Phi) is 3.12. The topological polar surface area (TPSA) is 59.3 Å². The Morgan fingerprint density at radius 1 is 1.30 bits per heavy atom. The van der Waals surface area contributed by atoms with Crippen LogP contribution in [0.5, 0.6) is 0 Å². The standard InChI is InChI=1S/C14H11ClN4O/c1-9-10(8-16-13-6-7-17-19(9)13)14(20)18-12-5-3-2-4-11(12)15/h2-8H,1H3,(H,18,20). The van der Waals surface area contributed by atoms with Gasteiger partial charge in [0, 0.05) is 12.3 Å². The molecule has 2 aromatic heterocycles. The predicted molar refractivity (Wildman–Crippen MR) is 77.1 cm³/mol. The van der Waals surface area contributed by atoms with E-state index in [1.54, 1.807) is 41.2 Å². The Labute approximate surface area is 120 Å². The molecule has 0 saturated heterocycles. The van der Waals surface area contributed by atoms with Gasteiger partial charge >= 0.3 is 0 Å². The maximum atomic E-state index is 12.3. The number of para-hydroxylation sites is 1. The van der Waals surface area contributed by atoms with Crippen molar-refractivity contribution in [2.75, 3.05) is 5.32 Å². The minimum atomic E-state index is -0.263. The molecule has 0 spiro atoms. The molecule has 0 saturated carbocycles. The number of hydrogen-bond donors (Lipinski definition) is 1. The van der Waals surface area contributed by atoms with Gasteiger partial charge in [0.15, 0.2) is 5.65 Å². The van der Waals surface area contributed by atoms with Crippen molar-refractivity contribution in [1.29, 1.82) is 0 Å². The van der Waals surface area contributed by atoms with Gasteiger partial charge in [-0.2, -0.15) is 5.10 Å². The van der Waals surface area contributed by atoms with E-state index >= 15 is 0 Å². The van der Waals surface area contributed by atoms with Crippen molar-refractivity contribution in [3.05, 3.63) is 59.0 Å².